The van der Waals surface area contributed by atoms with Crippen molar-refractivity contribution >= 4 is 12.4 Å². The molecule has 1 aromatic rings. The summed E-state index contributed by atoms with van der Waals surface area (Å²) in [5.41, 5.74) is 1.55. The number of rotatable bonds is 3. The normalized spacial score (nSPS) is 10.8. The molecule has 0 N–H and O–H groups in total. The maximum atomic E-state index is 4.12. The molecule has 0 radical (unpaired) electrons. The Bertz CT molecular complexity index is 299. The Labute approximate surface area is 72.0 Å². The fourth-order valence-electron chi connectivity index (χ4n) is 0.845. The second-order valence-electron chi connectivity index (χ2n) is 2.16. The van der Waals surface area contributed by atoms with E-state index in [4.69, 9.17) is 0 Å². The summed E-state index contributed by atoms with van der Waals surface area (Å²) in [6, 6.07) is 5.65. The predicted octanol–water partition coefficient (Wildman–Crippen LogP) is 2.31. The third-order valence-electron chi connectivity index (χ3n) is 1.37. The molecule has 12 heavy (non-hydrogen) atoms. The lowest BCUT2D eigenvalue weighted by Crippen LogP contribution is -1.83. The summed E-state index contributed by atoms with van der Waals surface area (Å²) >= 11 is 0. The molecule has 1 rings (SSSR count). The molecule has 0 fully saturated rings. The Morgan fingerprint density at radius 1 is 1.50 bits per heavy atom. The van der Waals surface area contributed by atoms with Crippen molar-refractivity contribution in [2.45, 2.75) is 0 Å². The summed E-state index contributed by atoms with van der Waals surface area (Å²) in [4.78, 5) is 7.94. The van der Waals surface area contributed by atoms with Crippen LogP contribution in [0, 0.1) is 0 Å². The van der Waals surface area contributed by atoms with Crippen molar-refractivity contribution in [1.82, 2.24) is 4.98 Å². The van der Waals surface area contributed by atoms with Crippen LogP contribution >= 0.6 is 0 Å². The lowest BCUT2D eigenvalue weighted by molar-refractivity contribution is 1.26. The van der Waals surface area contributed by atoms with E-state index in [0.717, 1.165) is 11.4 Å². The van der Waals surface area contributed by atoms with Gasteiger partial charge in [0, 0.05) is 6.20 Å². The van der Waals surface area contributed by atoms with Crippen molar-refractivity contribution < 1.29 is 0 Å². The molecule has 0 aliphatic rings. The topological polar surface area (TPSA) is 25.2 Å². The molecule has 0 unspecified atom stereocenters. The number of aliphatic imine (C=N–C) groups is 1. The predicted molar refractivity (Wildman–Crippen MR) is 52.0 cm³/mol. The molecule has 2 heteroatoms. The van der Waals surface area contributed by atoms with Gasteiger partial charge in [-0.05, 0) is 24.9 Å². The van der Waals surface area contributed by atoms with Gasteiger partial charge in [0.1, 0.15) is 0 Å². The minimum absolute atomic E-state index is 0.741. The second kappa shape index (κ2) is 4.23. The van der Waals surface area contributed by atoms with E-state index in [0.29, 0.717) is 0 Å². The largest absolute Gasteiger partial charge is 0.262 e. The highest BCUT2D eigenvalue weighted by Gasteiger charge is 1.95. The Morgan fingerprint density at radius 2 is 2.33 bits per heavy atom. The molecule has 1 heterocycles. The van der Waals surface area contributed by atoms with E-state index in [1.54, 1.807) is 18.3 Å². The quantitative estimate of drug-likeness (QED) is 0.489. The molecule has 0 spiro atoms. The Morgan fingerprint density at radius 3 is 2.83 bits per heavy atom. The Kier molecular flexibility index (Phi) is 2.96. The van der Waals surface area contributed by atoms with E-state index in [9.17, 15) is 0 Å². The summed E-state index contributed by atoms with van der Waals surface area (Å²) < 4.78 is 0. The van der Waals surface area contributed by atoms with Crippen LogP contribution in [0.1, 0.15) is 5.69 Å². The fourth-order valence-corrected chi connectivity index (χ4v) is 0.845. The van der Waals surface area contributed by atoms with Crippen LogP contribution in [0.25, 0.3) is 5.70 Å². The van der Waals surface area contributed by atoms with Crippen LogP contribution < -0.4 is 0 Å². The smallest absolute Gasteiger partial charge is 0.0885 e. The standard InChI is InChI=1S/C10H10N2/c1-3-6-9(11-2)10-7-4-5-8-12-10/h3-8H,1-2H2/b9-6-. The Balaban J connectivity index is 3.03. The zero-order valence-electron chi connectivity index (χ0n) is 6.77. The second-order valence-corrected chi connectivity index (χ2v) is 2.16. The number of hydrogen-bond donors (Lipinski definition) is 0. The van der Waals surface area contributed by atoms with Gasteiger partial charge in [0.2, 0.25) is 0 Å². The average molecular weight is 158 g/mol. The van der Waals surface area contributed by atoms with Gasteiger partial charge in [0.15, 0.2) is 0 Å². The molecule has 0 atom stereocenters. The van der Waals surface area contributed by atoms with Gasteiger partial charge in [-0.15, -0.1) is 0 Å². The van der Waals surface area contributed by atoms with Crippen molar-refractivity contribution in [2.24, 2.45) is 4.99 Å². The van der Waals surface area contributed by atoms with Gasteiger partial charge >= 0.3 is 0 Å². The number of nitrogens with zero attached hydrogens (tertiary/aromatic N) is 2. The van der Waals surface area contributed by atoms with Crippen molar-refractivity contribution in [3.8, 4) is 0 Å². The van der Waals surface area contributed by atoms with Gasteiger partial charge in [-0.1, -0.05) is 18.7 Å². The first-order valence-corrected chi connectivity index (χ1v) is 3.59. The SMILES string of the molecule is C=C/C=C(\N=C)c1ccccn1. The summed E-state index contributed by atoms with van der Waals surface area (Å²) in [6.07, 6.45) is 5.16. The highest BCUT2D eigenvalue weighted by molar-refractivity contribution is 5.66. The first-order chi connectivity index (χ1) is 5.88. The van der Waals surface area contributed by atoms with Crippen molar-refractivity contribution in [3.05, 3.63) is 48.8 Å². The summed E-state index contributed by atoms with van der Waals surface area (Å²) in [6.45, 7) is 7.03. The zero-order chi connectivity index (χ0) is 8.81. The van der Waals surface area contributed by atoms with Crippen LogP contribution in [0.15, 0.2) is 48.1 Å². The molecular weight excluding hydrogens is 148 g/mol. The lowest BCUT2D eigenvalue weighted by Gasteiger charge is -1.96. The van der Waals surface area contributed by atoms with Crippen LogP contribution in [-0.2, 0) is 0 Å². The number of hydrogen-bond acceptors (Lipinski definition) is 2. The van der Waals surface area contributed by atoms with Gasteiger partial charge in [0.05, 0.1) is 11.4 Å². The van der Waals surface area contributed by atoms with E-state index in [1.807, 2.05) is 18.2 Å². The molecule has 0 aliphatic carbocycles. The molecule has 0 amide bonds. The molecule has 1 aromatic heterocycles. The van der Waals surface area contributed by atoms with Crippen LogP contribution in [0.3, 0.4) is 0 Å². The van der Waals surface area contributed by atoms with Gasteiger partial charge in [-0.25, -0.2) is 0 Å². The maximum Gasteiger partial charge on any atom is 0.0885 e. The van der Waals surface area contributed by atoms with E-state index in [2.05, 4.69) is 23.3 Å². The van der Waals surface area contributed by atoms with Crippen LogP contribution in [0.4, 0.5) is 0 Å². The van der Waals surface area contributed by atoms with Gasteiger partial charge < -0.3 is 0 Å². The number of aromatic nitrogens is 1. The van der Waals surface area contributed by atoms with Crippen molar-refractivity contribution in [3.63, 3.8) is 0 Å². The third-order valence-corrected chi connectivity index (χ3v) is 1.37. The molecule has 0 saturated heterocycles. The van der Waals surface area contributed by atoms with E-state index < -0.39 is 0 Å². The van der Waals surface area contributed by atoms with Crippen molar-refractivity contribution in [1.29, 1.82) is 0 Å². The highest BCUT2D eigenvalue weighted by atomic mass is 14.8. The maximum absolute atomic E-state index is 4.12. The monoisotopic (exact) mass is 158 g/mol. The minimum atomic E-state index is 0.741. The van der Waals surface area contributed by atoms with Crippen molar-refractivity contribution in [2.75, 3.05) is 0 Å². The van der Waals surface area contributed by atoms with E-state index >= 15 is 0 Å². The van der Waals surface area contributed by atoms with Gasteiger partial charge in [-0.2, -0.15) is 0 Å². The minimum Gasteiger partial charge on any atom is -0.262 e. The molecule has 0 bridgehead atoms. The number of pyridine rings is 1. The van der Waals surface area contributed by atoms with Crippen LogP contribution in [0.5, 0.6) is 0 Å². The highest BCUT2D eigenvalue weighted by Crippen LogP contribution is 2.10. The molecule has 0 aromatic carbocycles. The van der Waals surface area contributed by atoms with Crippen LogP contribution in [0.2, 0.25) is 0 Å². The number of allylic oxidation sites excluding steroid dienone is 2. The van der Waals surface area contributed by atoms with E-state index in [-0.39, 0.29) is 0 Å². The Hall–Kier alpha value is -1.70. The summed E-state index contributed by atoms with van der Waals surface area (Å²) in [7, 11) is 0. The molecule has 0 saturated carbocycles. The van der Waals surface area contributed by atoms with E-state index in [1.165, 1.54) is 0 Å². The van der Waals surface area contributed by atoms with Gasteiger partial charge in [-0.3, -0.25) is 9.98 Å². The zero-order valence-corrected chi connectivity index (χ0v) is 6.77. The molecular formula is C10H10N2. The molecule has 60 valence electrons. The first-order valence-electron chi connectivity index (χ1n) is 3.59. The molecule has 0 aliphatic heterocycles. The fraction of sp³-hybridized carbons (Fsp3) is 0. The first kappa shape index (κ1) is 8.40. The average Bonchev–Trinajstić information content (AvgIpc) is 2.15. The van der Waals surface area contributed by atoms with Crippen LogP contribution in [-0.4, -0.2) is 11.7 Å². The summed E-state index contributed by atoms with van der Waals surface area (Å²) in [5.74, 6) is 0. The summed E-state index contributed by atoms with van der Waals surface area (Å²) in [5, 5.41) is 0. The lowest BCUT2D eigenvalue weighted by atomic mass is 10.2. The van der Waals surface area contributed by atoms with Gasteiger partial charge in [0.25, 0.3) is 0 Å². The molecule has 2 nitrogen and oxygen atoms in total. The third kappa shape index (κ3) is 1.89.